The zero-order chi connectivity index (χ0) is 17.8. The number of aliphatic carboxylic acids is 1. The minimum Gasteiger partial charge on any atom is -0.481 e. The quantitative estimate of drug-likeness (QED) is 0.675. The van der Waals surface area contributed by atoms with Crippen LogP contribution in [-0.2, 0) is 22.6 Å². The lowest BCUT2D eigenvalue weighted by Crippen LogP contribution is -2.35. The first kappa shape index (κ1) is 18.0. The number of halogens is 1. The molecule has 134 valence electrons. The van der Waals surface area contributed by atoms with Crippen molar-refractivity contribution in [1.82, 2.24) is 9.88 Å². The fraction of sp³-hybridized carbons (Fsp3) is 0.474. The molecule has 5 nitrogen and oxygen atoms in total. The van der Waals surface area contributed by atoms with Crippen molar-refractivity contribution in [2.75, 3.05) is 6.54 Å². The van der Waals surface area contributed by atoms with Crippen LogP contribution in [0.2, 0.25) is 0 Å². The summed E-state index contributed by atoms with van der Waals surface area (Å²) in [6, 6.07) is 6.21. The van der Waals surface area contributed by atoms with Crippen LogP contribution >= 0.6 is 15.9 Å². The number of aromatic nitrogens is 1. The number of benzene rings is 1. The number of carboxylic acid groups (broad SMARTS) is 1. The van der Waals surface area contributed by atoms with Crippen LogP contribution in [0.25, 0.3) is 10.9 Å². The van der Waals surface area contributed by atoms with Gasteiger partial charge in [0.1, 0.15) is 0 Å². The molecule has 0 saturated heterocycles. The molecule has 3 rings (SSSR count). The Balaban J connectivity index is 1.53. The molecule has 1 aliphatic heterocycles. The van der Waals surface area contributed by atoms with E-state index in [4.69, 9.17) is 5.11 Å². The lowest BCUT2D eigenvalue weighted by atomic mass is 10.0. The third-order valence-electron chi connectivity index (χ3n) is 4.82. The van der Waals surface area contributed by atoms with Gasteiger partial charge in [-0.1, -0.05) is 28.8 Å². The Morgan fingerprint density at radius 1 is 1.16 bits per heavy atom. The van der Waals surface area contributed by atoms with E-state index in [2.05, 4.69) is 33.0 Å². The summed E-state index contributed by atoms with van der Waals surface area (Å²) in [5.74, 6) is -0.543. The van der Waals surface area contributed by atoms with Crippen molar-refractivity contribution in [2.45, 2.75) is 51.5 Å². The molecule has 1 amide bonds. The first-order chi connectivity index (χ1) is 12.0. The monoisotopic (exact) mass is 406 g/mol. The summed E-state index contributed by atoms with van der Waals surface area (Å²) in [6.07, 6.45) is 4.96. The molecule has 6 heteroatoms. The maximum Gasteiger partial charge on any atom is 0.303 e. The largest absolute Gasteiger partial charge is 0.481 e. The van der Waals surface area contributed by atoms with Gasteiger partial charge < -0.3 is 15.0 Å². The number of fused-ring (bicyclic) bond motifs is 3. The van der Waals surface area contributed by atoms with Crippen LogP contribution in [0.3, 0.4) is 0 Å². The number of hydrogen-bond donors (Lipinski definition) is 2. The molecule has 0 radical (unpaired) electrons. The number of carbonyl (C=O) groups excluding carboxylic acids is 1. The minimum absolute atomic E-state index is 0.202. The molecular formula is C19H23BrN2O3. The molecule has 0 unspecified atom stereocenters. The van der Waals surface area contributed by atoms with Crippen LogP contribution in [0.5, 0.6) is 0 Å². The second kappa shape index (κ2) is 8.04. The Morgan fingerprint density at radius 3 is 2.68 bits per heavy atom. The lowest BCUT2D eigenvalue weighted by molar-refractivity contribution is -0.137. The van der Waals surface area contributed by atoms with Crippen molar-refractivity contribution in [2.24, 2.45) is 0 Å². The van der Waals surface area contributed by atoms with Gasteiger partial charge in [0, 0.05) is 59.0 Å². The molecule has 0 bridgehead atoms. The smallest absolute Gasteiger partial charge is 0.303 e. The Morgan fingerprint density at radius 2 is 1.92 bits per heavy atom. The van der Waals surface area contributed by atoms with Crippen molar-refractivity contribution in [1.29, 1.82) is 0 Å². The van der Waals surface area contributed by atoms with Gasteiger partial charge in [0.25, 0.3) is 0 Å². The van der Waals surface area contributed by atoms with E-state index in [1.54, 1.807) is 0 Å². The molecule has 2 heterocycles. The molecule has 1 aliphatic rings. The average Bonchev–Trinajstić information content (AvgIpc) is 2.94. The summed E-state index contributed by atoms with van der Waals surface area (Å²) in [7, 11) is 0. The third-order valence-corrected chi connectivity index (χ3v) is 5.31. The summed E-state index contributed by atoms with van der Waals surface area (Å²) < 4.78 is 1.05. The third kappa shape index (κ3) is 4.42. The summed E-state index contributed by atoms with van der Waals surface area (Å²) in [4.78, 5) is 28.4. The Hall–Kier alpha value is -1.82. The van der Waals surface area contributed by atoms with Gasteiger partial charge in [0.15, 0.2) is 0 Å². The van der Waals surface area contributed by atoms with Crippen LogP contribution in [0, 0.1) is 0 Å². The predicted octanol–water partition coefficient (Wildman–Crippen LogP) is 4.24. The number of unbranched alkanes of at least 4 members (excludes halogenated alkanes) is 3. The van der Waals surface area contributed by atoms with Gasteiger partial charge in [0.2, 0.25) is 5.91 Å². The van der Waals surface area contributed by atoms with Crippen LogP contribution in [0.15, 0.2) is 22.7 Å². The normalized spacial score (nSPS) is 13.9. The summed E-state index contributed by atoms with van der Waals surface area (Å²) in [5.41, 5.74) is 3.60. The van der Waals surface area contributed by atoms with Gasteiger partial charge in [-0.3, -0.25) is 9.59 Å². The van der Waals surface area contributed by atoms with Crippen molar-refractivity contribution < 1.29 is 14.7 Å². The molecule has 0 atom stereocenters. The highest BCUT2D eigenvalue weighted by atomic mass is 79.9. The van der Waals surface area contributed by atoms with Crippen molar-refractivity contribution >= 4 is 38.7 Å². The average molecular weight is 407 g/mol. The van der Waals surface area contributed by atoms with E-state index in [9.17, 15) is 9.59 Å². The number of nitrogens with zero attached hydrogens (tertiary/aromatic N) is 1. The molecule has 25 heavy (non-hydrogen) atoms. The van der Waals surface area contributed by atoms with E-state index < -0.39 is 5.97 Å². The maximum absolute atomic E-state index is 12.5. The van der Waals surface area contributed by atoms with E-state index >= 15 is 0 Å². The molecular weight excluding hydrogens is 384 g/mol. The standard InChI is InChI=1S/C19H23BrN2O3/c20-13-7-8-16-14(11-13)15-12-22(10-9-17(15)21-16)18(23)5-3-1-2-4-6-19(24)25/h7-8,11,21H,1-6,9-10,12H2,(H,24,25). The van der Waals surface area contributed by atoms with Crippen LogP contribution < -0.4 is 0 Å². The minimum atomic E-state index is -0.745. The fourth-order valence-electron chi connectivity index (χ4n) is 3.46. The van der Waals surface area contributed by atoms with Crippen molar-refractivity contribution in [3.63, 3.8) is 0 Å². The second-order valence-electron chi connectivity index (χ2n) is 6.65. The molecule has 1 aromatic carbocycles. The Labute approximate surface area is 155 Å². The van der Waals surface area contributed by atoms with Crippen molar-refractivity contribution in [3.8, 4) is 0 Å². The van der Waals surface area contributed by atoms with E-state index in [1.165, 1.54) is 16.6 Å². The van der Waals surface area contributed by atoms with Crippen LogP contribution in [-0.4, -0.2) is 33.4 Å². The van der Waals surface area contributed by atoms with E-state index in [0.29, 0.717) is 19.4 Å². The number of nitrogens with one attached hydrogen (secondary N) is 1. The molecule has 0 saturated carbocycles. The molecule has 0 fully saturated rings. The van der Waals surface area contributed by atoms with E-state index in [0.717, 1.165) is 42.2 Å². The number of rotatable bonds is 7. The number of H-pyrrole nitrogens is 1. The first-order valence-electron chi connectivity index (χ1n) is 8.83. The van der Waals surface area contributed by atoms with Gasteiger partial charge in [-0.2, -0.15) is 0 Å². The van der Waals surface area contributed by atoms with Gasteiger partial charge in [-0.15, -0.1) is 0 Å². The number of aromatic amines is 1. The highest BCUT2D eigenvalue weighted by Gasteiger charge is 2.23. The van der Waals surface area contributed by atoms with Gasteiger partial charge in [-0.25, -0.2) is 0 Å². The van der Waals surface area contributed by atoms with E-state index in [-0.39, 0.29) is 12.3 Å². The highest BCUT2D eigenvalue weighted by molar-refractivity contribution is 9.10. The zero-order valence-corrected chi connectivity index (χ0v) is 15.8. The second-order valence-corrected chi connectivity index (χ2v) is 7.56. The molecule has 1 aromatic heterocycles. The summed E-state index contributed by atoms with van der Waals surface area (Å²) in [5, 5.41) is 9.81. The van der Waals surface area contributed by atoms with Gasteiger partial charge in [-0.05, 0) is 31.0 Å². The number of carboxylic acids is 1. The lowest BCUT2D eigenvalue weighted by Gasteiger charge is -2.27. The summed E-state index contributed by atoms with van der Waals surface area (Å²) in [6.45, 7) is 1.43. The van der Waals surface area contributed by atoms with E-state index in [1.807, 2.05) is 11.0 Å². The number of carbonyl (C=O) groups is 2. The van der Waals surface area contributed by atoms with Crippen LogP contribution in [0.4, 0.5) is 0 Å². The fourth-order valence-corrected chi connectivity index (χ4v) is 3.82. The molecule has 0 spiro atoms. The molecule has 2 N–H and O–H groups in total. The van der Waals surface area contributed by atoms with Crippen molar-refractivity contribution in [3.05, 3.63) is 33.9 Å². The SMILES string of the molecule is O=C(O)CCCCCCC(=O)N1CCc2[nH]c3ccc(Br)cc3c2C1. The highest BCUT2D eigenvalue weighted by Crippen LogP contribution is 2.30. The van der Waals surface area contributed by atoms with Gasteiger partial charge in [0.05, 0.1) is 0 Å². The summed E-state index contributed by atoms with van der Waals surface area (Å²) >= 11 is 3.52. The Bertz CT molecular complexity index is 784. The number of hydrogen-bond acceptors (Lipinski definition) is 2. The predicted molar refractivity (Wildman–Crippen MR) is 100 cm³/mol. The molecule has 0 aliphatic carbocycles. The zero-order valence-electron chi connectivity index (χ0n) is 14.2. The van der Waals surface area contributed by atoms with Gasteiger partial charge >= 0.3 is 5.97 Å². The maximum atomic E-state index is 12.5. The number of amides is 1. The first-order valence-corrected chi connectivity index (χ1v) is 9.62. The topological polar surface area (TPSA) is 73.4 Å². The molecule has 2 aromatic rings. The Kier molecular flexibility index (Phi) is 5.78. The van der Waals surface area contributed by atoms with Crippen LogP contribution in [0.1, 0.15) is 49.8 Å².